The van der Waals surface area contributed by atoms with Gasteiger partial charge >= 0.3 is 11.9 Å². The lowest BCUT2D eigenvalue weighted by Gasteiger charge is -2.07. The Morgan fingerprint density at radius 1 is 1.32 bits per heavy atom. The van der Waals surface area contributed by atoms with Crippen molar-refractivity contribution in [2.75, 3.05) is 13.2 Å². The predicted octanol–water partition coefficient (Wildman–Crippen LogP) is 2.25. The lowest BCUT2D eigenvalue weighted by Crippen LogP contribution is -2.15. The summed E-state index contributed by atoms with van der Waals surface area (Å²) >= 11 is 0. The van der Waals surface area contributed by atoms with Gasteiger partial charge in [0.2, 0.25) is 0 Å². The number of esters is 1. The Hall–Kier alpha value is -2.11. The van der Waals surface area contributed by atoms with Crippen LogP contribution in [-0.2, 0) is 9.53 Å². The molecule has 1 aromatic rings. The van der Waals surface area contributed by atoms with Crippen molar-refractivity contribution in [3.8, 4) is 5.75 Å². The minimum absolute atomic E-state index is 0.0233. The largest absolute Gasteiger partial charge is 0.482 e. The van der Waals surface area contributed by atoms with E-state index in [1.807, 2.05) is 6.92 Å². The molecule has 19 heavy (non-hydrogen) atoms. The van der Waals surface area contributed by atoms with Gasteiger partial charge < -0.3 is 14.6 Å². The van der Waals surface area contributed by atoms with Gasteiger partial charge in [0, 0.05) is 6.07 Å². The van der Waals surface area contributed by atoms with Crippen LogP contribution in [0.25, 0.3) is 0 Å². The predicted molar refractivity (Wildman–Crippen MR) is 64.7 cm³/mol. The average Bonchev–Trinajstić information content (AvgIpc) is 2.36. The maximum absolute atomic E-state index is 13.1. The van der Waals surface area contributed by atoms with Gasteiger partial charge in [-0.3, -0.25) is 0 Å². The molecule has 0 spiro atoms. The van der Waals surface area contributed by atoms with E-state index in [-0.39, 0.29) is 17.9 Å². The van der Waals surface area contributed by atoms with E-state index in [2.05, 4.69) is 0 Å². The van der Waals surface area contributed by atoms with Crippen LogP contribution >= 0.6 is 0 Å². The number of rotatable bonds is 7. The Labute approximate surface area is 109 Å². The molecule has 0 bridgehead atoms. The van der Waals surface area contributed by atoms with E-state index in [1.54, 1.807) is 0 Å². The van der Waals surface area contributed by atoms with Crippen LogP contribution in [0.4, 0.5) is 4.39 Å². The topological polar surface area (TPSA) is 72.8 Å². The molecule has 0 aromatic heterocycles. The van der Waals surface area contributed by atoms with E-state index < -0.39 is 17.8 Å². The Balaban J connectivity index is 2.53. The van der Waals surface area contributed by atoms with Gasteiger partial charge in [-0.2, -0.15) is 0 Å². The van der Waals surface area contributed by atoms with Crippen LogP contribution in [0.5, 0.6) is 5.75 Å². The average molecular weight is 270 g/mol. The molecule has 1 N–H and O–H groups in total. The molecule has 0 unspecified atom stereocenters. The lowest BCUT2D eigenvalue weighted by molar-refractivity contribution is -0.146. The number of unbranched alkanes of at least 4 members (excludes halogenated alkanes) is 1. The van der Waals surface area contributed by atoms with Gasteiger partial charge in [-0.1, -0.05) is 13.3 Å². The molecule has 0 saturated heterocycles. The Morgan fingerprint density at radius 2 is 2.05 bits per heavy atom. The van der Waals surface area contributed by atoms with Crippen LogP contribution in [0.1, 0.15) is 30.1 Å². The second-order valence-corrected chi connectivity index (χ2v) is 3.84. The summed E-state index contributed by atoms with van der Waals surface area (Å²) in [6.45, 7) is 1.89. The van der Waals surface area contributed by atoms with Crippen LogP contribution in [0.15, 0.2) is 18.2 Å². The van der Waals surface area contributed by atoms with Crippen LogP contribution in [0.2, 0.25) is 0 Å². The normalized spacial score (nSPS) is 10.0. The number of carboxylic acid groups (broad SMARTS) is 1. The minimum Gasteiger partial charge on any atom is -0.482 e. The van der Waals surface area contributed by atoms with Crippen molar-refractivity contribution in [2.45, 2.75) is 19.8 Å². The molecule has 1 aromatic carbocycles. The summed E-state index contributed by atoms with van der Waals surface area (Å²) in [5, 5.41) is 8.74. The molecule has 0 heterocycles. The summed E-state index contributed by atoms with van der Waals surface area (Å²) in [5.41, 5.74) is -0.241. The summed E-state index contributed by atoms with van der Waals surface area (Å²) in [5.74, 6) is -2.61. The molecule has 0 amide bonds. The second kappa shape index (κ2) is 7.35. The van der Waals surface area contributed by atoms with Crippen molar-refractivity contribution >= 4 is 11.9 Å². The highest BCUT2D eigenvalue weighted by Crippen LogP contribution is 2.16. The quantitative estimate of drug-likeness (QED) is 0.607. The summed E-state index contributed by atoms with van der Waals surface area (Å²) in [7, 11) is 0. The number of ether oxygens (including phenoxy) is 2. The van der Waals surface area contributed by atoms with Crippen molar-refractivity contribution < 1.29 is 28.6 Å². The molecule has 0 saturated carbocycles. The van der Waals surface area contributed by atoms with Gasteiger partial charge in [0.05, 0.1) is 12.2 Å². The number of hydrogen-bond acceptors (Lipinski definition) is 4. The van der Waals surface area contributed by atoms with Gasteiger partial charge in [0.1, 0.15) is 11.6 Å². The van der Waals surface area contributed by atoms with Gasteiger partial charge in [-0.05, 0) is 18.6 Å². The third-order valence-corrected chi connectivity index (χ3v) is 2.24. The first-order valence-electron chi connectivity index (χ1n) is 5.85. The lowest BCUT2D eigenvalue weighted by atomic mass is 10.2. The van der Waals surface area contributed by atoms with Crippen molar-refractivity contribution in [3.05, 3.63) is 29.6 Å². The molecular formula is C13H15FO5. The number of aromatic carboxylic acids is 1. The van der Waals surface area contributed by atoms with E-state index >= 15 is 0 Å². The minimum atomic E-state index is -1.27. The molecule has 0 fully saturated rings. The van der Waals surface area contributed by atoms with E-state index in [0.717, 1.165) is 31.0 Å². The van der Waals surface area contributed by atoms with Gasteiger partial charge in [-0.15, -0.1) is 0 Å². The summed E-state index contributed by atoms with van der Waals surface area (Å²) in [6.07, 6.45) is 1.66. The fourth-order valence-corrected chi connectivity index (χ4v) is 1.28. The highest BCUT2D eigenvalue weighted by atomic mass is 19.1. The van der Waals surface area contributed by atoms with E-state index in [0.29, 0.717) is 6.61 Å². The molecule has 0 aliphatic carbocycles. The van der Waals surface area contributed by atoms with Crippen molar-refractivity contribution in [1.29, 1.82) is 0 Å². The van der Waals surface area contributed by atoms with Crippen molar-refractivity contribution in [3.63, 3.8) is 0 Å². The molecule has 0 aliphatic rings. The maximum Gasteiger partial charge on any atom is 0.344 e. The van der Waals surface area contributed by atoms with Gasteiger partial charge in [-0.25, -0.2) is 14.0 Å². The van der Waals surface area contributed by atoms with Crippen LogP contribution < -0.4 is 4.74 Å². The highest BCUT2D eigenvalue weighted by molar-refractivity contribution is 5.88. The first-order valence-corrected chi connectivity index (χ1v) is 5.85. The van der Waals surface area contributed by atoms with Gasteiger partial charge in [0.15, 0.2) is 6.61 Å². The number of carbonyl (C=O) groups is 2. The third-order valence-electron chi connectivity index (χ3n) is 2.24. The molecule has 5 nitrogen and oxygen atoms in total. The Bertz CT molecular complexity index is 458. The zero-order valence-electron chi connectivity index (χ0n) is 10.5. The van der Waals surface area contributed by atoms with E-state index in [9.17, 15) is 14.0 Å². The molecule has 6 heteroatoms. The second-order valence-electron chi connectivity index (χ2n) is 3.84. The molecule has 1 rings (SSSR count). The first-order chi connectivity index (χ1) is 9.02. The van der Waals surface area contributed by atoms with E-state index in [4.69, 9.17) is 14.6 Å². The molecular weight excluding hydrogens is 255 g/mol. The summed E-state index contributed by atoms with van der Waals surface area (Å²) < 4.78 is 22.9. The fourth-order valence-electron chi connectivity index (χ4n) is 1.28. The molecule has 0 atom stereocenters. The molecule has 0 aliphatic heterocycles. The standard InChI is InChI=1S/C13H15FO5/c1-2-3-4-18-12(15)8-19-11-6-9(13(16)17)5-10(14)7-11/h5-7H,2-4,8H2,1H3,(H,16,17). The Morgan fingerprint density at radius 3 is 2.68 bits per heavy atom. The zero-order valence-corrected chi connectivity index (χ0v) is 10.5. The number of hydrogen-bond donors (Lipinski definition) is 1. The number of halogens is 1. The smallest absolute Gasteiger partial charge is 0.344 e. The fraction of sp³-hybridized carbons (Fsp3) is 0.385. The van der Waals surface area contributed by atoms with Crippen LogP contribution in [0, 0.1) is 5.82 Å². The summed E-state index contributed by atoms with van der Waals surface area (Å²) in [6, 6.07) is 3.02. The monoisotopic (exact) mass is 270 g/mol. The van der Waals surface area contributed by atoms with Crippen LogP contribution in [-0.4, -0.2) is 30.3 Å². The summed E-state index contributed by atoms with van der Waals surface area (Å²) in [4.78, 5) is 21.9. The van der Waals surface area contributed by atoms with Crippen molar-refractivity contribution in [2.24, 2.45) is 0 Å². The SMILES string of the molecule is CCCCOC(=O)COc1cc(F)cc(C(=O)O)c1. The number of carbonyl (C=O) groups excluding carboxylic acids is 1. The zero-order chi connectivity index (χ0) is 14.3. The van der Waals surface area contributed by atoms with E-state index in [1.165, 1.54) is 0 Å². The van der Waals surface area contributed by atoms with Gasteiger partial charge in [0.25, 0.3) is 0 Å². The molecule has 0 radical (unpaired) electrons. The Kier molecular flexibility index (Phi) is 5.78. The number of carboxylic acids is 1. The molecule has 104 valence electrons. The first kappa shape index (κ1) is 14.9. The van der Waals surface area contributed by atoms with Crippen molar-refractivity contribution in [1.82, 2.24) is 0 Å². The maximum atomic E-state index is 13.1. The third kappa shape index (κ3) is 5.37. The highest BCUT2D eigenvalue weighted by Gasteiger charge is 2.09. The number of benzene rings is 1. The van der Waals surface area contributed by atoms with Crippen LogP contribution in [0.3, 0.4) is 0 Å².